The van der Waals surface area contributed by atoms with E-state index in [0.29, 0.717) is 19.3 Å². The maximum Gasteiger partial charge on any atom is 0.306 e. The molecule has 0 fully saturated rings. The fraction of sp³-hybridized carbons (Fsp3) is 0.964. The van der Waals surface area contributed by atoms with Gasteiger partial charge in [-0.3, -0.25) is 9.59 Å². The first kappa shape index (κ1) is 59.9. The van der Waals surface area contributed by atoms with Crippen LogP contribution in [0.25, 0.3) is 0 Å². The molecule has 0 bridgehead atoms. The van der Waals surface area contributed by atoms with Gasteiger partial charge in [0.15, 0.2) is 0 Å². The lowest BCUT2D eigenvalue weighted by atomic mass is 10.0. The Morgan fingerprint density at radius 2 is 0.689 bits per heavy atom. The highest BCUT2D eigenvalue weighted by Crippen LogP contribution is 2.19. The number of amides is 1. The van der Waals surface area contributed by atoms with Crippen LogP contribution in [0.4, 0.5) is 0 Å². The number of carbonyl (C=O) groups is 2. The van der Waals surface area contributed by atoms with E-state index in [-0.39, 0.29) is 24.9 Å². The summed E-state index contributed by atoms with van der Waals surface area (Å²) in [5, 5.41) is 23.7. The van der Waals surface area contributed by atoms with Crippen LogP contribution in [0.5, 0.6) is 0 Å². The number of carbonyl (C=O) groups excluding carboxylic acids is 2. The number of ether oxygens (including phenoxy) is 1. The number of hydrogen-bond acceptors (Lipinski definition) is 5. The Hall–Kier alpha value is -1.14. The van der Waals surface area contributed by atoms with E-state index < -0.39 is 18.2 Å². The fourth-order valence-corrected chi connectivity index (χ4v) is 8.96. The Kier molecular flexibility index (Phi) is 48.9. The number of aliphatic hydroxyl groups excluding tert-OH is 2. The normalized spacial score (nSPS) is 13.1. The highest BCUT2D eigenvalue weighted by atomic mass is 16.5. The molecule has 1 amide bonds. The summed E-state index contributed by atoms with van der Waals surface area (Å²) in [4.78, 5) is 26.2. The molecule has 61 heavy (non-hydrogen) atoms. The van der Waals surface area contributed by atoms with Gasteiger partial charge in [0.1, 0.15) is 6.10 Å². The number of esters is 1. The summed E-state index contributed by atoms with van der Waals surface area (Å²) in [6.07, 6.45) is 54.6. The molecule has 6 nitrogen and oxygen atoms in total. The van der Waals surface area contributed by atoms with Gasteiger partial charge in [0.05, 0.1) is 25.2 Å². The highest BCUT2D eigenvalue weighted by Gasteiger charge is 2.24. The minimum atomic E-state index is -0.778. The number of hydrogen-bond donors (Lipinski definition) is 3. The molecule has 6 heteroatoms. The summed E-state index contributed by atoms with van der Waals surface area (Å²) in [5.41, 5.74) is 0. The van der Waals surface area contributed by atoms with Crippen molar-refractivity contribution < 1.29 is 24.5 Å². The first-order valence-electron chi connectivity index (χ1n) is 27.8. The average Bonchev–Trinajstić information content (AvgIpc) is 3.25. The topological polar surface area (TPSA) is 95.9 Å². The van der Waals surface area contributed by atoms with Crippen molar-refractivity contribution in [3.05, 3.63) is 0 Å². The number of aliphatic hydroxyl groups is 2. The van der Waals surface area contributed by atoms with Crippen LogP contribution in [0.15, 0.2) is 0 Å². The summed E-state index contributed by atoms with van der Waals surface area (Å²) < 4.78 is 5.96. The highest BCUT2D eigenvalue weighted by molar-refractivity contribution is 5.77. The lowest BCUT2D eigenvalue weighted by Crippen LogP contribution is -2.46. The Morgan fingerprint density at radius 3 is 1.00 bits per heavy atom. The van der Waals surface area contributed by atoms with Crippen LogP contribution in [0.1, 0.15) is 316 Å². The Bertz CT molecular complexity index is 882. The molecule has 0 saturated carbocycles. The van der Waals surface area contributed by atoms with Crippen LogP contribution in [-0.2, 0) is 14.3 Å². The fourth-order valence-electron chi connectivity index (χ4n) is 8.96. The molecule has 0 aromatic rings. The Labute approximate surface area is 381 Å². The van der Waals surface area contributed by atoms with E-state index >= 15 is 0 Å². The van der Waals surface area contributed by atoms with E-state index in [4.69, 9.17) is 4.74 Å². The van der Waals surface area contributed by atoms with Crippen molar-refractivity contribution in [3.8, 4) is 0 Å². The maximum atomic E-state index is 13.2. The molecule has 0 saturated heterocycles. The molecule has 3 N–H and O–H groups in total. The van der Waals surface area contributed by atoms with E-state index in [2.05, 4.69) is 26.1 Å². The van der Waals surface area contributed by atoms with Gasteiger partial charge in [0.25, 0.3) is 0 Å². The average molecular weight is 864 g/mol. The van der Waals surface area contributed by atoms with E-state index in [1.807, 2.05) is 0 Å². The lowest BCUT2D eigenvalue weighted by molar-refractivity contribution is -0.151. The predicted molar refractivity (Wildman–Crippen MR) is 264 cm³/mol. The molecular weight excluding hydrogens is 755 g/mol. The molecule has 0 aliphatic rings. The molecule has 0 aliphatic heterocycles. The van der Waals surface area contributed by atoms with Gasteiger partial charge in [0, 0.05) is 6.42 Å². The van der Waals surface area contributed by atoms with Crippen LogP contribution in [0.3, 0.4) is 0 Å². The van der Waals surface area contributed by atoms with Crippen LogP contribution in [0.2, 0.25) is 0 Å². The van der Waals surface area contributed by atoms with Gasteiger partial charge in [0.2, 0.25) is 5.91 Å². The van der Waals surface area contributed by atoms with E-state index in [9.17, 15) is 19.8 Å². The second-order valence-corrected chi connectivity index (χ2v) is 19.4. The van der Waals surface area contributed by atoms with Crippen molar-refractivity contribution in [2.24, 2.45) is 0 Å². The monoisotopic (exact) mass is 864 g/mol. The van der Waals surface area contributed by atoms with Gasteiger partial charge in [-0.15, -0.1) is 0 Å². The smallest absolute Gasteiger partial charge is 0.306 e. The summed E-state index contributed by atoms with van der Waals surface area (Å²) >= 11 is 0. The molecule has 0 aromatic heterocycles. The van der Waals surface area contributed by atoms with E-state index in [0.717, 1.165) is 38.5 Å². The van der Waals surface area contributed by atoms with Crippen LogP contribution >= 0.6 is 0 Å². The zero-order valence-electron chi connectivity index (χ0n) is 41.6. The predicted octanol–water partition coefficient (Wildman–Crippen LogP) is 16.7. The summed E-state index contributed by atoms with van der Waals surface area (Å²) in [6.45, 7) is 6.51. The van der Waals surface area contributed by atoms with Crippen LogP contribution in [-0.4, -0.2) is 46.9 Å². The number of unbranched alkanes of at least 4 members (excludes halogenated alkanes) is 39. The third-order valence-corrected chi connectivity index (χ3v) is 13.2. The molecule has 0 rings (SSSR count). The lowest BCUT2D eigenvalue weighted by Gasteiger charge is -2.24. The largest absolute Gasteiger partial charge is 0.462 e. The second kappa shape index (κ2) is 49.9. The van der Waals surface area contributed by atoms with Gasteiger partial charge in [-0.2, -0.15) is 0 Å². The van der Waals surface area contributed by atoms with Crippen molar-refractivity contribution in [1.29, 1.82) is 0 Å². The molecule has 0 aliphatic carbocycles. The third-order valence-electron chi connectivity index (χ3n) is 13.2. The molecular formula is C55H109NO5. The van der Waals surface area contributed by atoms with E-state index in [1.165, 1.54) is 231 Å². The van der Waals surface area contributed by atoms with Crippen LogP contribution in [0, 0.1) is 0 Å². The van der Waals surface area contributed by atoms with Gasteiger partial charge >= 0.3 is 5.97 Å². The van der Waals surface area contributed by atoms with Gasteiger partial charge in [-0.25, -0.2) is 0 Å². The van der Waals surface area contributed by atoms with Crippen molar-refractivity contribution in [1.82, 2.24) is 5.32 Å². The molecule has 0 spiro atoms. The minimum Gasteiger partial charge on any atom is -0.462 e. The minimum absolute atomic E-state index is 0.0881. The number of rotatable bonds is 51. The van der Waals surface area contributed by atoms with Gasteiger partial charge < -0.3 is 20.3 Å². The molecule has 0 radical (unpaired) electrons. The quantitative estimate of drug-likeness (QED) is 0.0418. The Morgan fingerprint density at radius 1 is 0.410 bits per heavy atom. The van der Waals surface area contributed by atoms with Gasteiger partial charge in [-0.1, -0.05) is 278 Å². The molecule has 0 heterocycles. The number of nitrogens with one attached hydrogen (secondary N) is 1. The molecule has 0 aromatic carbocycles. The van der Waals surface area contributed by atoms with Gasteiger partial charge in [-0.05, 0) is 25.7 Å². The summed E-state index contributed by atoms with van der Waals surface area (Å²) in [6, 6.07) is -0.691. The molecule has 364 valence electrons. The van der Waals surface area contributed by atoms with Crippen molar-refractivity contribution in [3.63, 3.8) is 0 Å². The van der Waals surface area contributed by atoms with Crippen molar-refractivity contribution in [2.75, 3.05) is 6.61 Å². The first-order valence-corrected chi connectivity index (χ1v) is 27.8. The molecule has 3 atom stereocenters. The first-order chi connectivity index (χ1) is 30.0. The van der Waals surface area contributed by atoms with Crippen molar-refractivity contribution >= 4 is 11.9 Å². The standard InChI is InChI=1S/C55H109NO5/c1-4-7-10-13-16-19-21-23-25-27-29-31-33-36-39-42-45-48-55(60)61-51(46-43-40-37-35-32-30-28-26-24-22-20-17-14-11-8-5-2)49-54(59)56-52(50-57)53(58)47-44-41-38-34-18-15-12-9-6-3/h51-53,57-58H,4-50H2,1-3H3,(H,56,59). The third kappa shape index (κ3) is 45.2. The van der Waals surface area contributed by atoms with E-state index in [1.54, 1.807) is 0 Å². The summed E-state index contributed by atoms with van der Waals surface area (Å²) in [5.74, 6) is -0.448. The van der Waals surface area contributed by atoms with Crippen molar-refractivity contribution in [2.45, 2.75) is 334 Å². The Balaban J connectivity index is 4.46. The summed E-state index contributed by atoms with van der Waals surface area (Å²) in [7, 11) is 0. The second-order valence-electron chi connectivity index (χ2n) is 19.4. The van der Waals surface area contributed by atoms with Crippen LogP contribution < -0.4 is 5.32 Å². The zero-order chi connectivity index (χ0) is 44.5. The zero-order valence-corrected chi connectivity index (χ0v) is 41.6. The maximum absolute atomic E-state index is 13.2. The SMILES string of the molecule is CCCCCCCCCCCCCCCCCCCC(=O)OC(CCCCCCCCCCCCCCCCCC)CC(=O)NC(CO)C(O)CCCCCCCCCCC. The molecule has 3 unspecified atom stereocenters.